The summed E-state index contributed by atoms with van der Waals surface area (Å²) in [6, 6.07) is 0.0963. The van der Waals surface area contributed by atoms with E-state index in [9.17, 15) is 4.79 Å². The fourth-order valence-electron chi connectivity index (χ4n) is 2.18. The number of hydrogen-bond donors (Lipinski definition) is 1. The molecule has 1 saturated heterocycles. The number of piperidine rings is 1. The summed E-state index contributed by atoms with van der Waals surface area (Å²) in [6.07, 6.45) is 3.32. The van der Waals surface area contributed by atoms with Crippen LogP contribution in [0.3, 0.4) is 0 Å². The molecule has 2 rings (SSSR count). The maximum Gasteiger partial charge on any atom is 0.304 e. The van der Waals surface area contributed by atoms with Crippen molar-refractivity contribution in [3.05, 3.63) is 10.0 Å². The van der Waals surface area contributed by atoms with Crippen molar-refractivity contribution in [3.63, 3.8) is 0 Å². The molecule has 0 bridgehead atoms. The van der Waals surface area contributed by atoms with Gasteiger partial charge >= 0.3 is 5.97 Å². The summed E-state index contributed by atoms with van der Waals surface area (Å²) < 4.78 is 4.39. The van der Waals surface area contributed by atoms with Crippen molar-refractivity contribution in [2.45, 2.75) is 38.3 Å². The predicted octanol–water partition coefficient (Wildman–Crippen LogP) is 2.02. The summed E-state index contributed by atoms with van der Waals surface area (Å²) in [7, 11) is 0. The number of carboxylic acids is 1. The molecule has 7 heteroatoms. The third kappa shape index (κ3) is 3.37. The Morgan fingerprint density at radius 1 is 1.59 bits per heavy atom. The molecule has 0 aromatic carbocycles. The fourth-order valence-corrected chi connectivity index (χ4v) is 2.80. The Labute approximate surface area is 109 Å². The second-order valence-corrected chi connectivity index (χ2v) is 5.57. The number of likely N-dealkylation sites (tertiary alicyclic amines) is 1. The van der Waals surface area contributed by atoms with Crippen molar-refractivity contribution in [1.82, 2.24) is 14.5 Å². The zero-order chi connectivity index (χ0) is 12.3. The monoisotopic (exact) mass is 275 g/mol. The lowest BCUT2D eigenvalue weighted by Crippen LogP contribution is -2.40. The van der Waals surface area contributed by atoms with Crippen LogP contribution < -0.4 is 0 Å². The van der Waals surface area contributed by atoms with Gasteiger partial charge in [0.2, 0.25) is 0 Å². The van der Waals surface area contributed by atoms with Gasteiger partial charge in [-0.2, -0.15) is 0 Å². The van der Waals surface area contributed by atoms with E-state index in [2.05, 4.69) is 14.5 Å². The number of hydrogen-bond acceptors (Lipinski definition) is 5. The standard InChI is InChI=1S/C10H14ClN3O2S/c11-10-8(12-13-17-10)6-14-4-2-1-3-7(14)5-9(15)16/h7H,1-6H2,(H,15,16). The minimum Gasteiger partial charge on any atom is -0.481 e. The third-order valence-corrected chi connectivity index (χ3v) is 4.01. The number of halogens is 1. The SMILES string of the molecule is O=C(O)CC1CCCCN1Cc1nnsc1Cl. The fraction of sp³-hybridized carbons (Fsp3) is 0.700. The van der Waals surface area contributed by atoms with E-state index in [-0.39, 0.29) is 12.5 Å². The summed E-state index contributed by atoms with van der Waals surface area (Å²) in [5.74, 6) is -0.746. The molecule has 1 unspecified atom stereocenters. The first-order valence-electron chi connectivity index (χ1n) is 5.59. The van der Waals surface area contributed by atoms with E-state index in [0.717, 1.165) is 31.5 Å². The Kier molecular flexibility index (Phi) is 4.31. The number of carbonyl (C=O) groups is 1. The van der Waals surface area contributed by atoms with Crippen molar-refractivity contribution >= 4 is 29.1 Å². The van der Waals surface area contributed by atoms with Crippen LogP contribution in [0.5, 0.6) is 0 Å². The van der Waals surface area contributed by atoms with E-state index in [1.165, 1.54) is 11.5 Å². The zero-order valence-electron chi connectivity index (χ0n) is 9.30. The van der Waals surface area contributed by atoms with E-state index >= 15 is 0 Å². The highest BCUT2D eigenvalue weighted by Crippen LogP contribution is 2.25. The molecule has 1 aromatic rings. The van der Waals surface area contributed by atoms with Gasteiger partial charge in [0.25, 0.3) is 0 Å². The first kappa shape index (κ1) is 12.7. The Balaban J connectivity index is 2.01. The molecular weight excluding hydrogens is 262 g/mol. The van der Waals surface area contributed by atoms with Crippen molar-refractivity contribution < 1.29 is 9.90 Å². The van der Waals surface area contributed by atoms with E-state index in [0.29, 0.717) is 10.9 Å². The molecule has 1 aromatic heterocycles. The van der Waals surface area contributed by atoms with Crippen LogP contribution in [0.25, 0.3) is 0 Å². The van der Waals surface area contributed by atoms with E-state index in [1.54, 1.807) is 0 Å². The Morgan fingerprint density at radius 2 is 2.41 bits per heavy atom. The van der Waals surface area contributed by atoms with Gasteiger partial charge in [0, 0.05) is 24.1 Å². The van der Waals surface area contributed by atoms with Gasteiger partial charge in [-0.05, 0) is 19.4 Å². The molecule has 0 spiro atoms. The Morgan fingerprint density at radius 3 is 3.06 bits per heavy atom. The topological polar surface area (TPSA) is 66.3 Å². The van der Waals surface area contributed by atoms with Crippen molar-refractivity contribution in [2.24, 2.45) is 0 Å². The molecule has 0 radical (unpaired) electrons. The van der Waals surface area contributed by atoms with Gasteiger partial charge in [0.15, 0.2) is 0 Å². The van der Waals surface area contributed by atoms with Gasteiger partial charge in [-0.3, -0.25) is 9.69 Å². The maximum absolute atomic E-state index is 10.8. The van der Waals surface area contributed by atoms with Crippen LogP contribution in [0.15, 0.2) is 0 Å². The van der Waals surface area contributed by atoms with Crippen LogP contribution in [0.4, 0.5) is 0 Å². The normalized spacial score (nSPS) is 21.6. The molecule has 1 fully saturated rings. The molecule has 1 aliphatic rings. The van der Waals surface area contributed by atoms with Gasteiger partial charge in [-0.15, -0.1) is 5.10 Å². The second-order valence-electron chi connectivity index (χ2n) is 4.21. The summed E-state index contributed by atoms with van der Waals surface area (Å²) in [6.45, 7) is 1.51. The van der Waals surface area contributed by atoms with Gasteiger partial charge in [-0.1, -0.05) is 22.5 Å². The van der Waals surface area contributed by atoms with Crippen LogP contribution in [0, 0.1) is 0 Å². The maximum atomic E-state index is 10.8. The third-order valence-electron chi connectivity index (χ3n) is 3.02. The summed E-state index contributed by atoms with van der Waals surface area (Å²) in [4.78, 5) is 13.0. The number of aliphatic carboxylic acids is 1. The summed E-state index contributed by atoms with van der Waals surface area (Å²) in [5.41, 5.74) is 0.758. The molecule has 0 saturated carbocycles. The number of nitrogens with zero attached hydrogens (tertiary/aromatic N) is 3. The second kappa shape index (κ2) is 5.75. The number of aromatic nitrogens is 2. The lowest BCUT2D eigenvalue weighted by Gasteiger charge is -2.34. The van der Waals surface area contributed by atoms with Crippen molar-refractivity contribution in [1.29, 1.82) is 0 Å². The summed E-state index contributed by atoms with van der Waals surface area (Å²) >= 11 is 7.13. The molecular formula is C10H14ClN3O2S. The zero-order valence-corrected chi connectivity index (χ0v) is 10.9. The lowest BCUT2D eigenvalue weighted by molar-refractivity contribution is -0.138. The van der Waals surface area contributed by atoms with E-state index in [1.807, 2.05) is 0 Å². The van der Waals surface area contributed by atoms with E-state index < -0.39 is 5.97 Å². The first-order valence-corrected chi connectivity index (χ1v) is 6.74. The number of carboxylic acid groups (broad SMARTS) is 1. The van der Waals surface area contributed by atoms with Crippen LogP contribution in [0.1, 0.15) is 31.4 Å². The highest BCUT2D eigenvalue weighted by atomic mass is 35.5. The van der Waals surface area contributed by atoms with E-state index in [4.69, 9.17) is 16.7 Å². The average Bonchev–Trinajstić information content (AvgIpc) is 2.67. The molecule has 5 nitrogen and oxygen atoms in total. The highest BCUT2D eigenvalue weighted by molar-refractivity contribution is 7.10. The molecule has 1 atom stereocenters. The minimum atomic E-state index is -0.746. The number of rotatable bonds is 4. The van der Waals surface area contributed by atoms with Gasteiger partial charge < -0.3 is 5.11 Å². The minimum absolute atomic E-state index is 0.0963. The van der Waals surface area contributed by atoms with Crippen LogP contribution in [0.2, 0.25) is 4.34 Å². The molecule has 17 heavy (non-hydrogen) atoms. The molecule has 0 amide bonds. The van der Waals surface area contributed by atoms with Crippen LogP contribution >= 0.6 is 23.1 Å². The van der Waals surface area contributed by atoms with Gasteiger partial charge in [0.05, 0.1) is 6.42 Å². The quantitative estimate of drug-likeness (QED) is 0.911. The van der Waals surface area contributed by atoms with Crippen molar-refractivity contribution in [2.75, 3.05) is 6.54 Å². The van der Waals surface area contributed by atoms with Gasteiger partial charge in [0.1, 0.15) is 10.0 Å². The predicted molar refractivity (Wildman–Crippen MR) is 65.2 cm³/mol. The van der Waals surface area contributed by atoms with Crippen LogP contribution in [-0.4, -0.2) is 38.1 Å². The molecule has 2 heterocycles. The summed E-state index contributed by atoms with van der Waals surface area (Å²) in [5, 5.41) is 12.9. The Bertz CT molecular complexity index is 399. The highest BCUT2D eigenvalue weighted by Gasteiger charge is 2.25. The first-order chi connectivity index (χ1) is 8.16. The smallest absolute Gasteiger partial charge is 0.304 e. The average molecular weight is 276 g/mol. The largest absolute Gasteiger partial charge is 0.481 e. The van der Waals surface area contributed by atoms with Crippen LogP contribution in [-0.2, 0) is 11.3 Å². The molecule has 0 aliphatic carbocycles. The van der Waals surface area contributed by atoms with Gasteiger partial charge in [-0.25, -0.2) is 0 Å². The molecule has 1 N–H and O–H groups in total. The lowest BCUT2D eigenvalue weighted by atomic mass is 9.99. The van der Waals surface area contributed by atoms with Crippen molar-refractivity contribution in [3.8, 4) is 0 Å². The molecule has 94 valence electrons. The Hall–Kier alpha value is -0.720. The molecule has 1 aliphatic heterocycles.